The van der Waals surface area contributed by atoms with Gasteiger partial charge in [0.15, 0.2) is 0 Å². The number of carbonyl (C=O) groups is 1. The summed E-state index contributed by atoms with van der Waals surface area (Å²) in [6.07, 6.45) is 0. The lowest BCUT2D eigenvalue weighted by molar-refractivity contribution is 0.0697. The predicted molar refractivity (Wildman–Crippen MR) is 137 cm³/mol. The van der Waals surface area contributed by atoms with Gasteiger partial charge in [-0.1, -0.05) is 36.0 Å². The molecule has 180 valence electrons. The minimum absolute atomic E-state index is 0.0855. The van der Waals surface area contributed by atoms with Crippen molar-refractivity contribution in [1.82, 2.24) is 9.21 Å². The number of nitrogens with zero attached hydrogens (tertiary/aromatic N) is 3. The molecule has 0 N–H and O–H groups in total. The minimum atomic E-state index is -3.86. The average Bonchev–Trinajstić information content (AvgIpc) is 2.83. The first-order chi connectivity index (χ1) is 16.7. The van der Waals surface area contributed by atoms with E-state index in [0.717, 1.165) is 21.6 Å². The van der Waals surface area contributed by atoms with E-state index in [1.54, 1.807) is 23.1 Å². The molecule has 1 fully saturated rings. The van der Waals surface area contributed by atoms with Gasteiger partial charge in [-0.25, -0.2) is 8.42 Å². The Labute approximate surface area is 211 Å². The number of nitriles is 1. The molecule has 0 unspecified atom stereocenters. The van der Waals surface area contributed by atoms with E-state index in [4.69, 9.17) is 0 Å². The molecule has 0 atom stereocenters. The summed E-state index contributed by atoms with van der Waals surface area (Å²) in [4.78, 5) is 16.3. The molecule has 1 heterocycles. The summed E-state index contributed by atoms with van der Waals surface area (Å²) in [5, 5.41) is 9.41. The van der Waals surface area contributed by atoms with Gasteiger partial charge in [0.1, 0.15) is 0 Å². The number of amides is 1. The van der Waals surface area contributed by atoms with Crippen LogP contribution in [-0.2, 0) is 10.0 Å². The van der Waals surface area contributed by atoms with Crippen molar-refractivity contribution in [3.05, 3.63) is 88.5 Å². The Bertz CT molecular complexity index is 1400. The largest absolute Gasteiger partial charge is 0.336 e. The smallest absolute Gasteiger partial charge is 0.254 e. The Hall–Kier alpha value is -3.12. The van der Waals surface area contributed by atoms with E-state index in [9.17, 15) is 18.5 Å². The second-order valence-corrected chi connectivity index (χ2v) is 11.7. The van der Waals surface area contributed by atoms with Gasteiger partial charge in [0.05, 0.1) is 16.5 Å². The highest BCUT2D eigenvalue weighted by molar-refractivity contribution is 8.00. The maximum absolute atomic E-state index is 13.7. The number of piperazine rings is 1. The van der Waals surface area contributed by atoms with Crippen LogP contribution in [0.4, 0.5) is 0 Å². The van der Waals surface area contributed by atoms with Crippen LogP contribution in [0.15, 0.2) is 75.4 Å². The maximum atomic E-state index is 13.7. The molecule has 0 saturated carbocycles. The highest BCUT2D eigenvalue weighted by Gasteiger charge is 2.32. The highest BCUT2D eigenvalue weighted by Crippen LogP contribution is 2.36. The third-order valence-corrected chi connectivity index (χ3v) is 9.13. The Morgan fingerprint density at radius 2 is 1.57 bits per heavy atom. The second kappa shape index (κ2) is 10.2. The summed E-state index contributed by atoms with van der Waals surface area (Å²) in [5.41, 5.74) is 4.02. The van der Waals surface area contributed by atoms with E-state index < -0.39 is 10.0 Å². The molecule has 8 heteroatoms. The first kappa shape index (κ1) is 25.0. The summed E-state index contributed by atoms with van der Waals surface area (Å²) in [6, 6.07) is 20.4. The van der Waals surface area contributed by atoms with Gasteiger partial charge < -0.3 is 4.90 Å². The van der Waals surface area contributed by atoms with Crippen molar-refractivity contribution >= 4 is 27.7 Å². The number of rotatable bonds is 5. The molecule has 3 aromatic carbocycles. The van der Waals surface area contributed by atoms with E-state index in [-0.39, 0.29) is 23.9 Å². The molecular formula is C27H27N3O3S2. The molecule has 1 aliphatic heterocycles. The lowest BCUT2D eigenvalue weighted by Gasteiger charge is -2.34. The van der Waals surface area contributed by atoms with Crippen molar-refractivity contribution in [3.8, 4) is 6.07 Å². The van der Waals surface area contributed by atoms with Gasteiger partial charge in [0.25, 0.3) is 5.91 Å². The monoisotopic (exact) mass is 505 g/mol. The molecule has 1 saturated heterocycles. The van der Waals surface area contributed by atoms with Crippen LogP contribution < -0.4 is 0 Å². The Morgan fingerprint density at radius 1 is 0.914 bits per heavy atom. The lowest BCUT2D eigenvalue weighted by atomic mass is 10.1. The van der Waals surface area contributed by atoms with Crippen molar-refractivity contribution in [3.63, 3.8) is 0 Å². The number of carbonyl (C=O) groups excluding carboxylic acids is 1. The fraction of sp³-hybridized carbons (Fsp3) is 0.259. The van der Waals surface area contributed by atoms with Crippen LogP contribution in [0.1, 0.15) is 32.6 Å². The molecule has 0 aliphatic carbocycles. The van der Waals surface area contributed by atoms with Gasteiger partial charge in [-0.3, -0.25) is 4.79 Å². The zero-order valence-electron chi connectivity index (χ0n) is 20.0. The molecule has 3 aromatic rings. The molecular weight excluding hydrogens is 478 g/mol. The molecule has 6 nitrogen and oxygen atoms in total. The van der Waals surface area contributed by atoms with Gasteiger partial charge in [0, 0.05) is 41.5 Å². The Kier molecular flexibility index (Phi) is 7.31. The molecule has 0 spiro atoms. The Balaban J connectivity index is 1.58. The van der Waals surface area contributed by atoms with E-state index in [2.05, 4.69) is 12.1 Å². The predicted octanol–water partition coefficient (Wildman–Crippen LogP) is 4.78. The van der Waals surface area contributed by atoms with Gasteiger partial charge in [-0.15, -0.1) is 0 Å². The topological polar surface area (TPSA) is 81.5 Å². The lowest BCUT2D eigenvalue weighted by Crippen LogP contribution is -2.50. The van der Waals surface area contributed by atoms with Crippen molar-refractivity contribution in [2.75, 3.05) is 26.2 Å². The first-order valence-electron chi connectivity index (χ1n) is 11.3. The fourth-order valence-corrected chi connectivity index (χ4v) is 7.24. The van der Waals surface area contributed by atoms with Crippen molar-refractivity contribution in [1.29, 1.82) is 5.26 Å². The Morgan fingerprint density at radius 3 is 2.20 bits per heavy atom. The standard InChI is InChI=1S/C27H27N3O3S2/c1-19-14-20(2)16-23(15-19)34-25-9-8-22(18-28)17-26(25)35(32,33)30-12-10-29(11-13-30)27(31)24-7-5-4-6-21(24)3/h4-9,14-17H,10-13H2,1-3H3. The normalized spacial score (nSPS) is 14.5. The third-order valence-electron chi connectivity index (χ3n) is 6.01. The van der Waals surface area contributed by atoms with E-state index in [1.807, 2.05) is 51.1 Å². The first-order valence-corrected chi connectivity index (χ1v) is 13.6. The molecule has 4 rings (SSSR count). The zero-order chi connectivity index (χ0) is 25.2. The number of benzene rings is 3. The number of aryl methyl sites for hydroxylation is 3. The SMILES string of the molecule is Cc1cc(C)cc(Sc2ccc(C#N)cc2S(=O)(=O)N2CCN(C(=O)c3ccccc3C)CC2)c1. The number of sulfonamides is 1. The van der Waals surface area contributed by atoms with Crippen LogP contribution in [0.2, 0.25) is 0 Å². The van der Waals surface area contributed by atoms with Crippen LogP contribution in [0.25, 0.3) is 0 Å². The molecule has 35 heavy (non-hydrogen) atoms. The van der Waals surface area contributed by atoms with Crippen LogP contribution in [0.3, 0.4) is 0 Å². The summed E-state index contributed by atoms with van der Waals surface area (Å²) < 4.78 is 28.8. The maximum Gasteiger partial charge on any atom is 0.254 e. The highest BCUT2D eigenvalue weighted by atomic mass is 32.2. The zero-order valence-corrected chi connectivity index (χ0v) is 21.6. The number of hydrogen-bond donors (Lipinski definition) is 0. The van der Waals surface area contributed by atoms with Crippen LogP contribution in [-0.4, -0.2) is 49.7 Å². The van der Waals surface area contributed by atoms with Gasteiger partial charge in [0.2, 0.25) is 10.0 Å². The number of hydrogen-bond acceptors (Lipinski definition) is 5. The van der Waals surface area contributed by atoms with Crippen molar-refractivity contribution in [2.45, 2.75) is 35.5 Å². The summed E-state index contributed by atoms with van der Waals surface area (Å²) in [5.74, 6) is -0.0855. The van der Waals surface area contributed by atoms with Gasteiger partial charge in [-0.05, 0) is 73.9 Å². The summed E-state index contributed by atoms with van der Waals surface area (Å²) in [6.45, 7) is 6.92. The molecule has 1 amide bonds. The third kappa shape index (κ3) is 5.43. The average molecular weight is 506 g/mol. The van der Waals surface area contributed by atoms with Gasteiger partial charge in [-0.2, -0.15) is 9.57 Å². The quantitative estimate of drug-likeness (QED) is 0.498. The van der Waals surface area contributed by atoms with E-state index in [1.165, 1.54) is 22.1 Å². The second-order valence-electron chi connectivity index (χ2n) is 8.71. The van der Waals surface area contributed by atoms with E-state index >= 15 is 0 Å². The van der Waals surface area contributed by atoms with Crippen LogP contribution in [0, 0.1) is 32.1 Å². The minimum Gasteiger partial charge on any atom is -0.336 e. The molecule has 0 radical (unpaired) electrons. The van der Waals surface area contributed by atoms with Crippen LogP contribution >= 0.6 is 11.8 Å². The molecule has 0 aromatic heterocycles. The molecule has 1 aliphatic rings. The van der Waals surface area contributed by atoms with Gasteiger partial charge >= 0.3 is 0 Å². The fourth-order valence-electron chi connectivity index (χ4n) is 4.24. The van der Waals surface area contributed by atoms with E-state index in [0.29, 0.717) is 29.1 Å². The molecule has 0 bridgehead atoms. The van der Waals surface area contributed by atoms with Crippen LogP contribution in [0.5, 0.6) is 0 Å². The van der Waals surface area contributed by atoms with Crippen molar-refractivity contribution < 1.29 is 13.2 Å². The summed E-state index contributed by atoms with van der Waals surface area (Å²) >= 11 is 1.38. The summed E-state index contributed by atoms with van der Waals surface area (Å²) in [7, 11) is -3.86. The van der Waals surface area contributed by atoms with Crippen molar-refractivity contribution in [2.24, 2.45) is 0 Å².